The van der Waals surface area contributed by atoms with Crippen molar-refractivity contribution in [3.05, 3.63) is 21.4 Å². The van der Waals surface area contributed by atoms with Crippen molar-refractivity contribution in [2.45, 2.75) is 52.0 Å². The molecule has 0 atom stereocenters. The van der Waals surface area contributed by atoms with E-state index in [1.807, 2.05) is 11.3 Å². The predicted octanol–water partition coefficient (Wildman–Crippen LogP) is 4.12. The summed E-state index contributed by atoms with van der Waals surface area (Å²) in [5.41, 5.74) is 1.37. The van der Waals surface area contributed by atoms with Crippen LogP contribution in [0.5, 0.6) is 0 Å². The molecule has 0 spiro atoms. The quantitative estimate of drug-likeness (QED) is 0.666. The molecule has 1 aliphatic carbocycles. The van der Waals surface area contributed by atoms with Crippen molar-refractivity contribution in [3.8, 4) is 0 Å². The van der Waals surface area contributed by atoms with Crippen molar-refractivity contribution in [3.63, 3.8) is 0 Å². The average molecular weight is 221 g/mol. The Morgan fingerprint density at radius 1 is 1.27 bits per heavy atom. The SMILES string of the molecule is Cc1cc(C)c(C=NC2CCCCC2)s1. The van der Waals surface area contributed by atoms with Gasteiger partial charge in [0.05, 0.1) is 0 Å². The third-order valence-electron chi connectivity index (χ3n) is 3.06. The lowest BCUT2D eigenvalue weighted by molar-refractivity contribution is 0.444. The first-order valence-corrected chi connectivity index (χ1v) is 6.67. The Kier molecular flexibility index (Phi) is 3.57. The van der Waals surface area contributed by atoms with Gasteiger partial charge in [0.15, 0.2) is 0 Å². The van der Waals surface area contributed by atoms with Crippen LogP contribution in [0.1, 0.15) is 47.4 Å². The van der Waals surface area contributed by atoms with Gasteiger partial charge in [-0.3, -0.25) is 4.99 Å². The molecule has 2 rings (SSSR count). The van der Waals surface area contributed by atoms with Crippen molar-refractivity contribution in [2.75, 3.05) is 0 Å². The van der Waals surface area contributed by atoms with E-state index in [1.54, 1.807) is 0 Å². The van der Waals surface area contributed by atoms with Gasteiger partial charge in [-0.2, -0.15) is 0 Å². The Morgan fingerprint density at radius 3 is 2.60 bits per heavy atom. The van der Waals surface area contributed by atoms with Gasteiger partial charge in [0.25, 0.3) is 0 Å². The molecular weight excluding hydrogens is 202 g/mol. The molecule has 0 saturated heterocycles. The van der Waals surface area contributed by atoms with Crippen molar-refractivity contribution in [2.24, 2.45) is 4.99 Å². The van der Waals surface area contributed by atoms with Crippen molar-refractivity contribution in [1.29, 1.82) is 0 Å². The summed E-state index contributed by atoms with van der Waals surface area (Å²) in [5, 5.41) is 0. The fraction of sp³-hybridized carbons (Fsp3) is 0.615. The molecule has 0 N–H and O–H groups in total. The van der Waals surface area contributed by atoms with Crippen molar-refractivity contribution < 1.29 is 0 Å². The van der Waals surface area contributed by atoms with Gasteiger partial charge in [0.2, 0.25) is 0 Å². The van der Waals surface area contributed by atoms with Crippen molar-refractivity contribution >= 4 is 17.6 Å². The van der Waals surface area contributed by atoms with Gasteiger partial charge in [-0.05, 0) is 38.3 Å². The van der Waals surface area contributed by atoms with Crippen LogP contribution in [0.2, 0.25) is 0 Å². The lowest BCUT2D eigenvalue weighted by Gasteiger charge is -2.16. The van der Waals surface area contributed by atoms with Crippen LogP contribution in [0.15, 0.2) is 11.1 Å². The van der Waals surface area contributed by atoms with Crippen LogP contribution in [0, 0.1) is 13.8 Å². The molecule has 0 radical (unpaired) electrons. The molecule has 2 heteroatoms. The summed E-state index contributed by atoms with van der Waals surface area (Å²) < 4.78 is 0. The highest BCUT2D eigenvalue weighted by molar-refractivity contribution is 7.13. The summed E-state index contributed by atoms with van der Waals surface area (Å²) in [5.74, 6) is 0. The molecule has 1 aliphatic rings. The number of hydrogen-bond acceptors (Lipinski definition) is 2. The molecular formula is C13H19NS. The van der Waals surface area contributed by atoms with E-state index in [1.165, 1.54) is 47.4 Å². The molecule has 1 aromatic rings. The van der Waals surface area contributed by atoms with Gasteiger partial charge >= 0.3 is 0 Å². The standard InChI is InChI=1S/C13H19NS/c1-10-8-11(2)15-13(10)9-14-12-6-4-3-5-7-12/h8-9,12H,3-7H2,1-2H3. The summed E-state index contributed by atoms with van der Waals surface area (Å²) >= 11 is 1.85. The molecule has 0 aromatic carbocycles. The van der Waals surface area contributed by atoms with Gasteiger partial charge < -0.3 is 0 Å². The second-order valence-electron chi connectivity index (χ2n) is 4.47. The zero-order valence-electron chi connectivity index (χ0n) is 9.62. The Balaban J connectivity index is 2.00. The van der Waals surface area contributed by atoms with E-state index >= 15 is 0 Å². The van der Waals surface area contributed by atoms with Gasteiger partial charge in [0, 0.05) is 22.0 Å². The first-order valence-electron chi connectivity index (χ1n) is 5.86. The Morgan fingerprint density at radius 2 is 2.00 bits per heavy atom. The number of aliphatic imine (C=N–C) groups is 1. The van der Waals surface area contributed by atoms with E-state index in [0.717, 1.165) is 0 Å². The zero-order chi connectivity index (χ0) is 10.7. The molecule has 1 heterocycles. The summed E-state index contributed by atoms with van der Waals surface area (Å²) in [6, 6.07) is 2.84. The summed E-state index contributed by atoms with van der Waals surface area (Å²) in [4.78, 5) is 7.45. The molecule has 15 heavy (non-hydrogen) atoms. The van der Waals surface area contributed by atoms with Crippen LogP contribution in [0.3, 0.4) is 0 Å². The van der Waals surface area contributed by atoms with E-state index < -0.39 is 0 Å². The molecule has 0 aliphatic heterocycles. The number of aryl methyl sites for hydroxylation is 2. The Hall–Kier alpha value is -0.630. The smallest absolute Gasteiger partial charge is 0.0500 e. The summed E-state index contributed by atoms with van der Waals surface area (Å²) in [6.45, 7) is 4.33. The predicted molar refractivity (Wildman–Crippen MR) is 68.3 cm³/mol. The first kappa shape index (κ1) is 10.9. The van der Waals surface area contributed by atoms with Gasteiger partial charge in [-0.25, -0.2) is 0 Å². The fourth-order valence-electron chi connectivity index (χ4n) is 2.19. The lowest BCUT2D eigenvalue weighted by atomic mass is 9.96. The van der Waals surface area contributed by atoms with Gasteiger partial charge in [0.1, 0.15) is 0 Å². The molecule has 82 valence electrons. The summed E-state index contributed by atoms with van der Waals surface area (Å²) in [7, 11) is 0. The first-order chi connectivity index (χ1) is 7.25. The maximum Gasteiger partial charge on any atom is 0.0500 e. The molecule has 0 unspecified atom stereocenters. The zero-order valence-corrected chi connectivity index (χ0v) is 10.4. The lowest BCUT2D eigenvalue weighted by Crippen LogP contribution is -2.09. The van der Waals surface area contributed by atoms with E-state index in [4.69, 9.17) is 4.99 Å². The van der Waals surface area contributed by atoms with Crippen LogP contribution in [0.25, 0.3) is 0 Å². The molecule has 0 bridgehead atoms. The minimum Gasteiger partial charge on any atom is -0.288 e. The van der Waals surface area contributed by atoms with Gasteiger partial charge in [-0.1, -0.05) is 19.3 Å². The molecule has 1 saturated carbocycles. The van der Waals surface area contributed by atoms with E-state index in [0.29, 0.717) is 6.04 Å². The topological polar surface area (TPSA) is 12.4 Å². The maximum atomic E-state index is 4.71. The highest BCUT2D eigenvalue weighted by Gasteiger charge is 2.11. The highest BCUT2D eigenvalue weighted by Crippen LogP contribution is 2.22. The Labute approximate surface area is 96.2 Å². The van der Waals surface area contributed by atoms with Gasteiger partial charge in [-0.15, -0.1) is 11.3 Å². The second kappa shape index (κ2) is 4.93. The minimum absolute atomic E-state index is 0.598. The van der Waals surface area contributed by atoms with Crippen molar-refractivity contribution in [1.82, 2.24) is 0 Å². The molecule has 0 amide bonds. The second-order valence-corrected chi connectivity index (χ2v) is 5.76. The monoisotopic (exact) mass is 221 g/mol. The van der Waals surface area contributed by atoms with E-state index in [-0.39, 0.29) is 0 Å². The fourth-order valence-corrected chi connectivity index (χ4v) is 3.11. The van der Waals surface area contributed by atoms with Crippen LogP contribution < -0.4 is 0 Å². The maximum absolute atomic E-state index is 4.71. The molecule has 1 aromatic heterocycles. The van der Waals surface area contributed by atoms with Crippen LogP contribution in [-0.4, -0.2) is 12.3 Å². The number of rotatable bonds is 2. The normalized spacial score (nSPS) is 18.8. The number of thiophene rings is 1. The minimum atomic E-state index is 0.598. The third-order valence-corrected chi connectivity index (χ3v) is 4.14. The highest BCUT2D eigenvalue weighted by atomic mass is 32.1. The third kappa shape index (κ3) is 2.91. The number of hydrogen-bond donors (Lipinski definition) is 0. The molecule has 1 fully saturated rings. The largest absolute Gasteiger partial charge is 0.288 e. The van der Waals surface area contributed by atoms with E-state index in [9.17, 15) is 0 Å². The van der Waals surface area contributed by atoms with E-state index in [2.05, 4.69) is 26.1 Å². The average Bonchev–Trinajstić information content (AvgIpc) is 2.56. The Bertz CT molecular complexity index is 345. The summed E-state index contributed by atoms with van der Waals surface area (Å²) in [6.07, 6.45) is 8.82. The molecule has 1 nitrogen and oxygen atoms in total. The van der Waals surface area contributed by atoms with Crippen LogP contribution in [0.4, 0.5) is 0 Å². The van der Waals surface area contributed by atoms with Crippen LogP contribution in [-0.2, 0) is 0 Å². The van der Waals surface area contributed by atoms with Crippen LogP contribution >= 0.6 is 11.3 Å². The number of nitrogens with zero attached hydrogens (tertiary/aromatic N) is 1.